The van der Waals surface area contributed by atoms with E-state index in [2.05, 4.69) is 62.5 Å². The Bertz CT molecular complexity index is 1170. The lowest BCUT2D eigenvalue weighted by atomic mass is 10.1. The molecule has 0 heterocycles. The Kier molecular flexibility index (Phi) is 43.9. The summed E-state index contributed by atoms with van der Waals surface area (Å²) in [6, 6.07) is -0.728. The molecule has 0 fully saturated rings. The molecule has 0 aliphatic heterocycles. The summed E-state index contributed by atoms with van der Waals surface area (Å²) < 4.78 is 17.3. The van der Waals surface area contributed by atoms with Crippen LogP contribution in [0.2, 0.25) is 0 Å². The zero-order chi connectivity index (χ0) is 46.3. The van der Waals surface area contributed by atoms with E-state index in [4.69, 9.17) is 14.2 Å². The van der Waals surface area contributed by atoms with Gasteiger partial charge in [0.2, 0.25) is 0 Å². The van der Waals surface area contributed by atoms with E-state index >= 15 is 0 Å². The minimum Gasteiger partial charge on any atom is -0.544 e. The van der Waals surface area contributed by atoms with Gasteiger partial charge in [0.05, 0.1) is 40.3 Å². The number of likely N-dealkylation sites (N-methyl/N-ethyl adjacent to an activating group) is 1. The molecule has 0 aromatic carbocycles. The summed E-state index contributed by atoms with van der Waals surface area (Å²) in [5, 5.41) is 11.7. The Labute approximate surface area is 388 Å². The van der Waals surface area contributed by atoms with Crippen molar-refractivity contribution in [3.8, 4) is 0 Å². The Morgan fingerprint density at radius 1 is 0.492 bits per heavy atom. The van der Waals surface area contributed by atoms with Crippen LogP contribution in [0.25, 0.3) is 0 Å². The van der Waals surface area contributed by atoms with Crippen LogP contribution in [0.5, 0.6) is 0 Å². The smallest absolute Gasteiger partial charge is 0.306 e. The second-order valence-corrected chi connectivity index (χ2v) is 18.7. The highest BCUT2D eigenvalue weighted by Crippen LogP contribution is 2.15. The first-order chi connectivity index (χ1) is 30.6. The van der Waals surface area contributed by atoms with Crippen LogP contribution in [0, 0.1) is 0 Å². The van der Waals surface area contributed by atoms with Crippen molar-refractivity contribution in [2.24, 2.45) is 0 Å². The average Bonchev–Trinajstić information content (AvgIpc) is 3.24. The van der Waals surface area contributed by atoms with E-state index in [0.29, 0.717) is 12.8 Å². The van der Waals surface area contributed by atoms with Gasteiger partial charge in [-0.3, -0.25) is 9.59 Å². The number of carboxylic acids is 1. The summed E-state index contributed by atoms with van der Waals surface area (Å²) in [6.07, 6.45) is 55.7. The molecule has 0 N–H and O–H groups in total. The fourth-order valence-corrected chi connectivity index (χ4v) is 7.67. The highest BCUT2D eigenvalue weighted by atomic mass is 16.6. The normalized spacial score (nSPS) is 13.2. The molecule has 0 saturated carbocycles. The van der Waals surface area contributed by atoms with E-state index in [1.54, 1.807) is 21.1 Å². The maximum atomic E-state index is 12.8. The van der Waals surface area contributed by atoms with Crippen LogP contribution in [-0.4, -0.2) is 75.5 Å². The largest absolute Gasteiger partial charge is 0.544 e. The molecule has 0 aliphatic carbocycles. The summed E-state index contributed by atoms with van der Waals surface area (Å²) in [4.78, 5) is 37.1. The van der Waals surface area contributed by atoms with Crippen LogP contribution in [0.3, 0.4) is 0 Å². The predicted molar refractivity (Wildman–Crippen MR) is 263 cm³/mol. The Hall–Kier alpha value is -2.71. The standard InChI is InChI=1S/C55H99NO7/c1-6-8-10-12-14-16-18-20-22-24-26-28-29-31-33-35-37-39-41-43-45-53(57)62-50-51(49-61-48-47-52(55(59)60)56(3,4)5)63-54(58)46-44-42-40-38-36-34-32-30-27-25-23-21-19-17-15-13-11-9-7-2/h8,10,14,16,20,22,25,27,51-52H,6-7,9,11-13,15,17-19,21,23-24,26,28-50H2,1-5H3/b10-8+,16-14+,22-20+,27-25+. The number of nitrogens with zero attached hydrogens (tertiary/aromatic N) is 1. The zero-order valence-corrected chi connectivity index (χ0v) is 41.7. The SMILES string of the molecule is CC/C=C/C/C=C/C/C=C/CCCCCCCCCCCCC(=O)OCC(COCCC(C(=O)[O-])[N+](C)(C)C)OC(=O)CCCCCCCCC/C=C/CCCCCCCCCC. The van der Waals surface area contributed by atoms with Gasteiger partial charge in [-0.15, -0.1) is 0 Å². The molecule has 0 rings (SSSR count). The minimum atomic E-state index is -1.12. The van der Waals surface area contributed by atoms with Crippen molar-refractivity contribution in [1.82, 2.24) is 0 Å². The number of hydrogen-bond donors (Lipinski definition) is 0. The first-order valence-electron chi connectivity index (χ1n) is 26.2. The molecular weight excluding hydrogens is 787 g/mol. The van der Waals surface area contributed by atoms with Crippen molar-refractivity contribution in [2.45, 2.75) is 244 Å². The van der Waals surface area contributed by atoms with Gasteiger partial charge in [-0.05, 0) is 70.6 Å². The minimum absolute atomic E-state index is 0.0385. The average molecular weight is 886 g/mol. The number of carboxylic acid groups (broad SMARTS) is 1. The van der Waals surface area contributed by atoms with Gasteiger partial charge in [-0.2, -0.15) is 0 Å². The van der Waals surface area contributed by atoms with Gasteiger partial charge >= 0.3 is 11.9 Å². The van der Waals surface area contributed by atoms with Crippen LogP contribution >= 0.6 is 0 Å². The van der Waals surface area contributed by atoms with Crippen LogP contribution in [0.1, 0.15) is 232 Å². The number of carbonyl (C=O) groups is 3. The molecule has 0 aromatic rings. The molecular formula is C55H99NO7. The first kappa shape index (κ1) is 60.3. The van der Waals surface area contributed by atoms with Gasteiger partial charge in [0.25, 0.3) is 0 Å². The lowest BCUT2D eigenvalue weighted by Gasteiger charge is -2.34. The molecule has 0 amide bonds. The molecule has 0 spiro atoms. The lowest BCUT2D eigenvalue weighted by Crippen LogP contribution is -2.55. The highest BCUT2D eigenvalue weighted by molar-refractivity contribution is 5.70. The van der Waals surface area contributed by atoms with E-state index in [0.717, 1.165) is 57.8 Å². The maximum Gasteiger partial charge on any atom is 0.306 e. The highest BCUT2D eigenvalue weighted by Gasteiger charge is 2.25. The molecule has 0 bridgehead atoms. The second kappa shape index (κ2) is 45.8. The monoisotopic (exact) mass is 886 g/mol. The maximum absolute atomic E-state index is 12.8. The summed E-state index contributed by atoms with van der Waals surface area (Å²) in [6.45, 7) is 4.57. The third-order valence-corrected chi connectivity index (χ3v) is 11.7. The number of allylic oxidation sites excluding steroid dienone is 8. The molecule has 8 nitrogen and oxygen atoms in total. The number of unbranched alkanes of at least 4 members (excludes halogenated alkanes) is 25. The number of carbonyl (C=O) groups excluding carboxylic acids is 3. The lowest BCUT2D eigenvalue weighted by molar-refractivity contribution is -0.889. The topological polar surface area (TPSA) is 102 Å². The van der Waals surface area contributed by atoms with E-state index < -0.39 is 18.1 Å². The summed E-state index contributed by atoms with van der Waals surface area (Å²) in [5.41, 5.74) is 0. The summed E-state index contributed by atoms with van der Waals surface area (Å²) >= 11 is 0. The van der Waals surface area contributed by atoms with Crippen LogP contribution in [-0.2, 0) is 28.6 Å². The molecule has 2 unspecified atom stereocenters. The number of ether oxygens (including phenoxy) is 3. The van der Waals surface area contributed by atoms with Crippen molar-refractivity contribution >= 4 is 17.9 Å². The van der Waals surface area contributed by atoms with Gasteiger partial charge in [0, 0.05) is 19.3 Å². The van der Waals surface area contributed by atoms with Crippen molar-refractivity contribution in [3.63, 3.8) is 0 Å². The van der Waals surface area contributed by atoms with Crippen LogP contribution in [0.15, 0.2) is 48.6 Å². The molecule has 0 saturated heterocycles. The zero-order valence-electron chi connectivity index (χ0n) is 41.7. The first-order valence-corrected chi connectivity index (χ1v) is 26.2. The van der Waals surface area contributed by atoms with E-state index in [1.807, 2.05) is 0 Å². The molecule has 2 atom stereocenters. The Balaban J connectivity index is 4.23. The van der Waals surface area contributed by atoms with Crippen molar-refractivity contribution in [1.29, 1.82) is 0 Å². The summed E-state index contributed by atoms with van der Waals surface area (Å²) in [5.74, 6) is -1.74. The van der Waals surface area contributed by atoms with Gasteiger partial charge in [-0.25, -0.2) is 0 Å². The third-order valence-electron chi connectivity index (χ3n) is 11.7. The van der Waals surface area contributed by atoms with Gasteiger partial charge in [0.15, 0.2) is 6.10 Å². The number of quaternary nitrogens is 1. The summed E-state index contributed by atoms with van der Waals surface area (Å²) in [7, 11) is 5.42. The fourth-order valence-electron chi connectivity index (χ4n) is 7.67. The van der Waals surface area contributed by atoms with Crippen LogP contribution < -0.4 is 5.11 Å². The third kappa shape index (κ3) is 44.3. The van der Waals surface area contributed by atoms with E-state index in [-0.39, 0.29) is 42.7 Å². The van der Waals surface area contributed by atoms with Crippen molar-refractivity contribution in [3.05, 3.63) is 48.6 Å². The molecule has 366 valence electrons. The molecule has 63 heavy (non-hydrogen) atoms. The fraction of sp³-hybridized carbons (Fsp3) is 0.800. The van der Waals surface area contributed by atoms with E-state index in [1.165, 1.54) is 141 Å². The van der Waals surface area contributed by atoms with Crippen molar-refractivity contribution in [2.75, 3.05) is 41.0 Å². The number of esters is 2. The Morgan fingerprint density at radius 2 is 0.889 bits per heavy atom. The quantitative estimate of drug-likeness (QED) is 0.0259. The van der Waals surface area contributed by atoms with Gasteiger partial charge in [-0.1, -0.05) is 191 Å². The van der Waals surface area contributed by atoms with Gasteiger partial charge < -0.3 is 28.6 Å². The van der Waals surface area contributed by atoms with Crippen molar-refractivity contribution < 1.29 is 38.2 Å². The molecule has 0 aromatic heterocycles. The molecule has 8 heteroatoms. The van der Waals surface area contributed by atoms with E-state index in [9.17, 15) is 19.5 Å². The molecule has 0 radical (unpaired) electrons. The van der Waals surface area contributed by atoms with Crippen LogP contribution in [0.4, 0.5) is 0 Å². The van der Waals surface area contributed by atoms with Gasteiger partial charge in [0.1, 0.15) is 12.6 Å². The predicted octanol–water partition coefficient (Wildman–Crippen LogP) is 13.8. The number of hydrogen-bond acceptors (Lipinski definition) is 7. The number of rotatable bonds is 47. The Morgan fingerprint density at radius 3 is 1.33 bits per heavy atom. The number of aliphatic carboxylic acids is 1. The second-order valence-electron chi connectivity index (χ2n) is 18.7. The molecule has 0 aliphatic rings.